The molecule has 0 radical (unpaired) electrons. The van der Waals surface area contributed by atoms with Gasteiger partial charge < -0.3 is 0 Å². The first-order valence-corrected chi connectivity index (χ1v) is 5.83. The monoisotopic (exact) mass is 247 g/mol. The van der Waals surface area contributed by atoms with Crippen molar-refractivity contribution in [1.29, 1.82) is 0 Å². The van der Waals surface area contributed by atoms with Gasteiger partial charge in [-0.15, -0.1) is 5.10 Å². The molecule has 1 heterocycles. The molecule has 0 unspecified atom stereocenters. The second-order valence-corrected chi connectivity index (χ2v) is 4.33. The molecule has 0 fully saturated rings. The lowest BCUT2D eigenvalue weighted by Gasteiger charge is -2.04. The average Bonchev–Trinajstić information content (AvgIpc) is 2.64. The number of hydrogen-bond donors (Lipinski definition) is 0. The van der Waals surface area contributed by atoms with Gasteiger partial charge in [-0.2, -0.15) is 9.90 Å². The second kappa shape index (κ2) is 4.72. The van der Waals surface area contributed by atoms with Crippen molar-refractivity contribution in [2.24, 2.45) is 0 Å². The highest BCUT2D eigenvalue weighted by Gasteiger charge is 2.08. The Balaban J connectivity index is 2.53. The first-order chi connectivity index (χ1) is 8.11. The Labute approximate surface area is 106 Å². The van der Waals surface area contributed by atoms with Crippen molar-refractivity contribution in [1.82, 2.24) is 15.0 Å². The molecule has 0 aliphatic heterocycles. The quantitative estimate of drug-likeness (QED) is 0.812. The molecule has 4 heteroatoms. The van der Waals surface area contributed by atoms with Gasteiger partial charge in [0, 0.05) is 5.02 Å². The summed E-state index contributed by atoms with van der Waals surface area (Å²) in [5.74, 6) is 0. The summed E-state index contributed by atoms with van der Waals surface area (Å²) in [4.78, 5) is 1.63. The van der Waals surface area contributed by atoms with E-state index in [-0.39, 0.29) is 0 Å². The van der Waals surface area contributed by atoms with E-state index in [0.717, 1.165) is 22.6 Å². The number of benzene rings is 1. The first-order valence-electron chi connectivity index (χ1n) is 5.45. The van der Waals surface area contributed by atoms with Gasteiger partial charge in [0.05, 0.1) is 11.4 Å². The lowest BCUT2D eigenvalue weighted by atomic mass is 10.2. The Hall–Kier alpha value is -1.61. The third-order valence-electron chi connectivity index (χ3n) is 2.53. The van der Waals surface area contributed by atoms with E-state index in [2.05, 4.69) is 10.2 Å². The molecular formula is C13H14ClN3. The van der Waals surface area contributed by atoms with Crippen LogP contribution in [0.15, 0.2) is 24.3 Å². The maximum absolute atomic E-state index is 5.99. The van der Waals surface area contributed by atoms with Gasteiger partial charge in [0.2, 0.25) is 0 Å². The molecule has 88 valence electrons. The van der Waals surface area contributed by atoms with Crippen LogP contribution in [0, 0.1) is 13.8 Å². The van der Waals surface area contributed by atoms with E-state index in [1.54, 1.807) is 4.80 Å². The van der Waals surface area contributed by atoms with Crippen LogP contribution < -0.4 is 0 Å². The van der Waals surface area contributed by atoms with E-state index in [0.29, 0.717) is 5.02 Å². The summed E-state index contributed by atoms with van der Waals surface area (Å²) in [6.45, 7) is 5.92. The maximum Gasteiger partial charge on any atom is 0.108 e. The van der Waals surface area contributed by atoms with Crippen LogP contribution in [0.4, 0.5) is 0 Å². The molecule has 1 aromatic heterocycles. The van der Waals surface area contributed by atoms with Gasteiger partial charge in [-0.1, -0.05) is 23.7 Å². The Kier molecular flexibility index (Phi) is 3.29. The molecule has 1 aromatic carbocycles. The number of aryl methyl sites for hydroxylation is 2. The lowest BCUT2D eigenvalue weighted by molar-refractivity contribution is 0.740. The van der Waals surface area contributed by atoms with Gasteiger partial charge in [-0.25, -0.2) is 0 Å². The second-order valence-electron chi connectivity index (χ2n) is 3.89. The summed E-state index contributed by atoms with van der Waals surface area (Å²) < 4.78 is 0. The zero-order valence-electron chi connectivity index (χ0n) is 10.1. The fraction of sp³-hybridized carbons (Fsp3) is 0.231. The third kappa shape index (κ3) is 2.39. The number of allylic oxidation sites excluding steroid dienone is 1. The van der Waals surface area contributed by atoms with Crippen LogP contribution in [0.2, 0.25) is 5.02 Å². The highest BCUT2D eigenvalue weighted by molar-refractivity contribution is 6.30. The van der Waals surface area contributed by atoms with E-state index in [1.165, 1.54) is 0 Å². The zero-order chi connectivity index (χ0) is 12.4. The van der Waals surface area contributed by atoms with Gasteiger partial charge in [0.1, 0.15) is 5.69 Å². The normalized spacial score (nSPS) is 11.3. The molecule has 0 saturated carbocycles. The van der Waals surface area contributed by atoms with Crippen molar-refractivity contribution in [2.75, 3.05) is 0 Å². The third-order valence-corrected chi connectivity index (χ3v) is 2.76. The molecule has 2 rings (SSSR count). The van der Waals surface area contributed by atoms with Crippen molar-refractivity contribution >= 4 is 17.7 Å². The Morgan fingerprint density at radius 1 is 1.24 bits per heavy atom. The molecule has 0 aliphatic carbocycles. The van der Waals surface area contributed by atoms with E-state index in [9.17, 15) is 0 Å². The van der Waals surface area contributed by atoms with Crippen LogP contribution in [0.3, 0.4) is 0 Å². The lowest BCUT2D eigenvalue weighted by Crippen LogP contribution is -2.01. The summed E-state index contributed by atoms with van der Waals surface area (Å²) in [5.41, 5.74) is 3.79. The minimum absolute atomic E-state index is 0.688. The van der Waals surface area contributed by atoms with E-state index in [4.69, 9.17) is 11.6 Å². The van der Waals surface area contributed by atoms with Crippen LogP contribution in [-0.2, 0) is 0 Å². The topological polar surface area (TPSA) is 30.7 Å². The molecule has 0 spiro atoms. The predicted octanol–water partition coefficient (Wildman–Crippen LogP) is 3.57. The molecule has 0 N–H and O–H groups in total. The summed E-state index contributed by atoms with van der Waals surface area (Å²) in [5, 5.41) is 9.52. The van der Waals surface area contributed by atoms with Crippen LogP contribution in [0.25, 0.3) is 11.8 Å². The van der Waals surface area contributed by atoms with Crippen molar-refractivity contribution in [3.05, 3.63) is 46.2 Å². The van der Waals surface area contributed by atoms with Crippen LogP contribution >= 0.6 is 11.6 Å². The zero-order valence-corrected chi connectivity index (χ0v) is 10.9. The Morgan fingerprint density at radius 3 is 2.71 bits per heavy atom. The van der Waals surface area contributed by atoms with Gasteiger partial charge in [0.25, 0.3) is 0 Å². The number of aromatic nitrogens is 3. The van der Waals surface area contributed by atoms with Crippen LogP contribution in [0.1, 0.15) is 23.9 Å². The molecule has 0 bridgehead atoms. The summed E-state index contributed by atoms with van der Waals surface area (Å²) in [7, 11) is 0. The number of nitrogens with zero attached hydrogens (tertiary/aromatic N) is 3. The number of rotatable bonds is 2. The van der Waals surface area contributed by atoms with Crippen molar-refractivity contribution in [3.8, 4) is 5.69 Å². The van der Waals surface area contributed by atoms with E-state index < -0.39 is 0 Å². The first kappa shape index (κ1) is 11.9. The van der Waals surface area contributed by atoms with E-state index in [1.807, 2.05) is 51.1 Å². The highest BCUT2D eigenvalue weighted by Crippen LogP contribution is 2.19. The molecule has 2 aromatic rings. The standard InChI is InChI=1S/C13H14ClN3/c1-4-5-12-10(3)15-17(16-12)13-8-11(14)7-6-9(13)2/h4-8H,1-3H3/b5-4-. The Bertz CT molecular complexity index is 570. The SMILES string of the molecule is C/C=C\c1nn(-c2cc(Cl)ccc2C)nc1C. The summed E-state index contributed by atoms with van der Waals surface area (Å²) in [6.07, 6.45) is 3.89. The fourth-order valence-corrected chi connectivity index (χ4v) is 1.77. The number of halogens is 1. The van der Waals surface area contributed by atoms with E-state index >= 15 is 0 Å². The molecule has 0 amide bonds. The van der Waals surface area contributed by atoms with Gasteiger partial charge in [-0.3, -0.25) is 0 Å². The molecule has 0 saturated heterocycles. The molecule has 0 atom stereocenters. The van der Waals surface area contributed by atoms with Crippen molar-refractivity contribution in [3.63, 3.8) is 0 Å². The molecule has 3 nitrogen and oxygen atoms in total. The minimum Gasteiger partial charge on any atom is -0.153 e. The predicted molar refractivity (Wildman–Crippen MR) is 70.6 cm³/mol. The minimum atomic E-state index is 0.688. The van der Waals surface area contributed by atoms with Gasteiger partial charge >= 0.3 is 0 Å². The summed E-state index contributed by atoms with van der Waals surface area (Å²) in [6, 6.07) is 5.70. The van der Waals surface area contributed by atoms with Crippen molar-refractivity contribution in [2.45, 2.75) is 20.8 Å². The van der Waals surface area contributed by atoms with Gasteiger partial charge in [-0.05, 0) is 44.5 Å². The van der Waals surface area contributed by atoms with Crippen molar-refractivity contribution < 1.29 is 0 Å². The Morgan fingerprint density at radius 2 is 2.00 bits per heavy atom. The van der Waals surface area contributed by atoms with Gasteiger partial charge in [0.15, 0.2) is 0 Å². The summed E-state index contributed by atoms with van der Waals surface area (Å²) >= 11 is 5.99. The van der Waals surface area contributed by atoms with Crippen LogP contribution in [-0.4, -0.2) is 15.0 Å². The molecule has 17 heavy (non-hydrogen) atoms. The number of hydrogen-bond acceptors (Lipinski definition) is 2. The smallest absolute Gasteiger partial charge is 0.108 e. The highest BCUT2D eigenvalue weighted by atomic mass is 35.5. The maximum atomic E-state index is 5.99. The fourth-order valence-electron chi connectivity index (χ4n) is 1.61. The van der Waals surface area contributed by atoms with Crippen LogP contribution in [0.5, 0.6) is 0 Å². The average molecular weight is 248 g/mol. The molecule has 0 aliphatic rings. The largest absolute Gasteiger partial charge is 0.153 e. The molecular weight excluding hydrogens is 234 g/mol.